The van der Waals surface area contributed by atoms with Gasteiger partial charge in [0, 0.05) is 16.9 Å². The number of benzene rings is 3. The molecule has 0 fully saturated rings. The molecule has 3 aromatic carbocycles. The van der Waals surface area contributed by atoms with Crippen LogP contribution in [0, 0.1) is 0 Å². The average molecular weight is 517 g/mol. The summed E-state index contributed by atoms with van der Waals surface area (Å²) in [5.41, 5.74) is 5.34. The number of aldehydes is 1. The molecule has 2 aromatic heterocycles. The zero-order valence-corrected chi connectivity index (χ0v) is 21.2. The molecule has 5 rings (SSSR count). The largest absolute Gasteiger partial charge is 0.489 e. The monoisotopic (exact) mass is 516 g/mol. The first kappa shape index (κ1) is 24.0. The first-order valence-electron chi connectivity index (χ1n) is 11.5. The van der Waals surface area contributed by atoms with Gasteiger partial charge in [-0.25, -0.2) is 4.98 Å². The van der Waals surface area contributed by atoms with Crippen molar-refractivity contribution in [3.05, 3.63) is 99.9 Å². The molecule has 180 valence electrons. The van der Waals surface area contributed by atoms with E-state index in [9.17, 15) is 4.79 Å². The minimum absolute atomic E-state index is 0.110. The third kappa shape index (κ3) is 4.72. The van der Waals surface area contributed by atoms with Crippen molar-refractivity contribution in [2.75, 3.05) is 0 Å². The zero-order chi connectivity index (χ0) is 25.2. The third-order valence-electron chi connectivity index (χ3n) is 5.94. The van der Waals surface area contributed by atoms with Crippen LogP contribution in [0.15, 0.2) is 77.3 Å². The van der Waals surface area contributed by atoms with Crippen LogP contribution in [-0.2, 0) is 6.61 Å². The smallest absolute Gasteiger partial charge is 0.168 e. The molecule has 0 radical (unpaired) electrons. The van der Waals surface area contributed by atoms with Crippen molar-refractivity contribution in [3.63, 3.8) is 0 Å². The van der Waals surface area contributed by atoms with Gasteiger partial charge in [0.1, 0.15) is 29.5 Å². The highest BCUT2D eigenvalue weighted by Crippen LogP contribution is 2.39. The molecule has 0 bridgehead atoms. The molecular weight excluding hydrogens is 495 g/mol. The fourth-order valence-corrected chi connectivity index (χ4v) is 4.70. The highest BCUT2D eigenvalue weighted by molar-refractivity contribution is 6.39. The Labute approximate surface area is 218 Å². The fourth-order valence-electron chi connectivity index (χ4n) is 4.12. The van der Waals surface area contributed by atoms with E-state index in [2.05, 4.69) is 16.2 Å². The van der Waals surface area contributed by atoms with Gasteiger partial charge in [-0.05, 0) is 53.6 Å². The second-order valence-electron chi connectivity index (χ2n) is 8.70. The molecule has 0 aliphatic carbocycles. The van der Waals surface area contributed by atoms with Crippen molar-refractivity contribution in [2.45, 2.75) is 26.4 Å². The van der Waals surface area contributed by atoms with Crippen molar-refractivity contribution in [1.29, 1.82) is 0 Å². The number of fused-ring (bicyclic) bond motifs is 1. The van der Waals surface area contributed by atoms with Crippen LogP contribution in [0.4, 0.5) is 0 Å². The molecule has 0 N–H and O–H groups in total. The minimum atomic E-state index is 0.110. The number of aromatic nitrogens is 2. The second kappa shape index (κ2) is 10.1. The molecule has 5 aromatic rings. The van der Waals surface area contributed by atoms with Crippen molar-refractivity contribution >= 4 is 40.4 Å². The minimum Gasteiger partial charge on any atom is -0.489 e. The molecule has 7 heteroatoms. The van der Waals surface area contributed by atoms with Gasteiger partial charge in [-0.3, -0.25) is 4.79 Å². The van der Waals surface area contributed by atoms with E-state index in [-0.39, 0.29) is 12.5 Å². The Morgan fingerprint density at radius 1 is 0.944 bits per heavy atom. The number of pyridine rings is 1. The molecule has 0 saturated heterocycles. The quantitative estimate of drug-likeness (QED) is 0.203. The number of hydrogen-bond donors (Lipinski definition) is 0. The topological polar surface area (TPSA) is 65.2 Å². The molecule has 0 aliphatic heterocycles. The number of halogens is 2. The Hall–Kier alpha value is -3.67. The number of carbonyl (C=O) groups excluding carboxylic acids is 1. The van der Waals surface area contributed by atoms with Gasteiger partial charge in [0.25, 0.3) is 0 Å². The molecule has 0 aliphatic rings. The SMILES string of the molecule is CC(C)c1onc(-c2c(Cl)cccc2Cl)c1COc1ccc(-c2ccc3nc(C=O)ccc3c2)cc1. The summed E-state index contributed by atoms with van der Waals surface area (Å²) < 4.78 is 11.8. The summed E-state index contributed by atoms with van der Waals surface area (Å²) in [7, 11) is 0. The van der Waals surface area contributed by atoms with Crippen molar-refractivity contribution in [2.24, 2.45) is 0 Å². The Kier molecular flexibility index (Phi) is 6.77. The highest BCUT2D eigenvalue weighted by atomic mass is 35.5. The van der Waals surface area contributed by atoms with Gasteiger partial charge in [-0.1, -0.05) is 72.5 Å². The first-order chi connectivity index (χ1) is 17.4. The maximum absolute atomic E-state index is 11.0. The lowest BCUT2D eigenvalue weighted by Crippen LogP contribution is -2.01. The lowest BCUT2D eigenvalue weighted by atomic mass is 10.0. The van der Waals surface area contributed by atoms with Gasteiger partial charge >= 0.3 is 0 Å². The van der Waals surface area contributed by atoms with Crippen LogP contribution in [0.2, 0.25) is 10.0 Å². The van der Waals surface area contributed by atoms with Crippen LogP contribution >= 0.6 is 23.2 Å². The lowest BCUT2D eigenvalue weighted by molar-refractivity contribution is 0.111. The standard InChI is InChI=1S/C29H22Cl2N2O3/c1-17(2)29-23(28(33-36-29)27-24(30)4-3-5-25(27)31)16-35-22-11-7-18(8-12-22)19-9-13-26-20(14-19)6-10-21(15-34)32-26/h3-15,17H,16H2,1-2H3. The molecule has 0 amide bonds. The summed E-state index contributed by atoms with van der Waals surface area (Å²) in [6.45, 7) is 4.33. The zero-order valence-electron chi connectivity index (χ0n) is 19.7. The third-order valence-corrected chi connectivity index (χ3v) is 6.57. The normalized spacial score (nSPS) is 11.2. The predicted molar refractivity (Wildman–Crippen MR) is 143 cm³/mol. The molecular formula is C29H22Cl2N2O3. The lowest BCUT2D eigenvalue weighted by Gasteiger charge is -2.11. The Balaban J connectivity index is 1.39. The van der Waals surface area contributed by atoms with E-state index in [1.165, 1.54) is 0 Å². The van der Waals surface area contributed by atoms with Gasteiger partial charge in [-0.15, -0.1) is 0 Å². The van der Waals surface area contributed by atoms with E-state index in [0.29, 0.717) is 32.7 Å². The molecule has 0 spiro atoms. The van der Waals surface area contributed by atoms with E-state index >= 15 is 0 Å². The maximum atomic E-state index is 11.0. The van der Waals surface area contributed by atoms with Crippen molar-refractivity contribution in [1.82, 2.24) is 10.1 Å². The summed E-state index contributed by atoms with van der Waals surface area (Å²) in [4.78, 5) is 15.3. The van der Waals surface area contributed by atoms with Gasteiger partial charge in [-0.2, -0.15) is 0 Å². The maximum Gasteiger partial charge on any atom is 0.168 e. The number of ether oxygens (including phenoxy) is 1. The molecule has 0 saturated carbocycles. The molecule has 2 heterocycles. The van der Waals surface area contributed by atoms with Gasteiger partial charge < -0.3 is 9.26 Å². The van der Waals surface area contributed by atoms with Crippen molar-refractivity contribution < 1.29 is 14.1 Å². The van der Waals surface area contributed by atoms with Gasteiger partial charge in [0.05, 0.1) is 21.1 Å². The van der Waals surface area contributed by atoms with E-state index in [4.69, 9.17) is 32.5 Å². The van der Waals surface area contributed by atoms with E-state index < -0.39 is 0 Å². The van der Waals surface area contributed by atoms with Gasteiger partial charge in [0.2, 0.25) is 0 Å². The summed E-state index contributed by atoms with van der Waals surface area (Å²) in [6.07, 6.45) is 0.752. The molecule has 36 heavy (non-hydrogen) atoms. The summed E-state index contributed by atoms with van der Waals surface area (Å²) in [5.74, 6) is 1.56. The number of hydrogen-bond acceptors (Lipinski definition) is 5. The van der Waals surface area contributed by atoms with Gasteiger partial charge in [0.15, 0.2) is 6.29 Å². The fraction of sp³-hybridized carbons (Fsp3) is 0.138. The van der Waals surface area contributed by atoms with E-state index in [0.717, 1.165) is 39.6 Å². The van der Waals surface area contributed by atoms with Crippen LogP contribution in [0.5, 0.6) is 5.75 Å². The first-order valence-corrected chi connectivity index (χ1v) is 12.2. The second-order valence-corrected chi connectivity index (χ2v) is 9.51. The number of rotatable bonds is 7. The molecule has 0 atom stereocenters. The Morgan fingerprint density at radius 2 is 1.67 bits per heavy atom. The number of nitrogens with zero attached hydrogens (tertiary/aromatic N) is 2. The highest BCUT2D eigenvalue weighted by Gasteiger charge is 2.23. The summed E-state index contributed by atoms with van der Waals surface area (Å²) in [6, 6.07) is 22.8. The Bertz CT molecular complexity index is 1540. The van der Waals surface area contributed by atoms with Crippen LogP contribution in [0.25, 0.3) is 33.3 Å². The summed E-state index contributed by atoms with van der Waals surface area (Å²) in [5, 5.41) is 6.26. The van der Waals surface area contributed by atoms with Crippen LogP contribution in [-0.4, -0.2) is 16.4 Å². The Morgan fingerprint density at radius 3 is 2.36 bits per heavy atom. The molecule has 5 nitrogen and oxygen atoms in total. The van der Waals surface area contributed by atoms with E-state index in [1.807, 2.05) is 56.3 Å². The van der Waals surface area contributed by atoms with Crippen LogP contribution < -0.4 is 4.74 Å². The molecule has 0 unspecified atom stereocenters. The summed E-state index contributed by atoms with van der Waals surface area (Å²) >= 11 is 12.9. The van der Waals surface area contributed by atoms with Crippen molar-refractivity contribution in [3.8, 4) is 28.1 Å². The average Bonchev–Trinajstić information content (AvgIpc) is 3.31. The van der Waals surface area contributed by atoms with Crippen LogP contribution in [0.3, 0.4) is 0 Å². The predicted octanol–water partition coefficient (Wildman–Crippen LogP) is 8.38. The van der Waals surface area contributed by atoms with E-state index in [1.54, 1.807) is 24.3 Å². The van der Waals surface area contributed by atoms with Crippen LogP contribution in [0.1, 0.15) is 41.6 Å². The number of carbonyl (C=O) groups is 1.